The van der Waals surface area contributed by atoms with Crippen molar-refractivity contribution in [1.82, 2.24) is 4.98 Å². The van der Waals surface area contributed by atoms with Crippen molar-refractivity contribution in [2.45, 2.75) is 98.3 Å². The van der Waals surface area contributed by atoms with E-state index in [-0.39, 0.29) is 27.3 Å². The Morgan fingerprint density at radius 2 is 1.38 bits per heavy atom. The number of carbonyl (C=O) groups is 3. The molecule has 0 saturated heterocycles. The van der Waals surface area contributed by atoms with Gasteiger partial charge >= 0.3 is 18.2 Å². The van der Waals surface area contributed by atoms with E-state index in [0.717, 1.165) is 0 Å². The van der Waals surface area contributed by atoms with Crippen molar-refractivity contribution >= 4 is 42.9 Å². The lowest BCUT2D eigenvalue weighted by Crippen LogP contribution is -2.43. The molecule has 0 bridgehead atoms. The van der Waals surface area contributed by atoms with Crippen LogP contribution >= 0.6 is 11.3 Å². The van der Waals surface area contributed by atoms with Crippen LogP contribution < -0.4 is 4.90 Å². The summed E-state index contributed by atoms with van der Waals surface area (Å²) in [4.78, 5) is 42.3. The van der Waals surface area contributed by atoms with E-state index in [2.05, 4.69) is 25.8 Å². The van der Waals surface area contributed by atoms with Gasteiger partial charge in [0.1, 0.15) is 16.1 Å². The van der Waals surface area contributed by atoms with Crippen LogP contribution in [0.3, 0.4) is 0 Å². The summed E-state index contributed by atoms with van der Waals surface area (Å²) in [6.45, 7) is 20.1. The van der Waals surface area contributed by atoms with Crippen LogP contribution in [0.5, 0.6) is 0 Å². The molecule has 0 aliphatic carbocycles. The summed E-state index contributed by atoms with van der Waals surface area (Å²) in [6.07, 6.45) is -2.01. The van der Waals surface area contributed by atoms with Gasteiger partial charge in [0.05, 0.1) is 12.3 Å². The summed E-state index contributed by atoms with van der Waals surface area (Å²) < 4.78 is 16.8. The Bertz CT molecular complexity index is 833. The van der Waals surface area contributed by atoms with Crippen molar-refractivity contribution < 1.29 is 33.4 Å². The van der Waals surface area contributed by atoms with Gasteiger partial charge in [0.15, 0.2) is 8.32 Å². The summed E-state index contributed by atoms with van der Waals surface area (Å²) >= 11 is 0.691. The maximum atomic E-state index is 12.8. The number of nitrogens with zero attached hydrogens (tertiary/aromatic N) is 2. The van der Waals surface area contributed by atoms with Crippen LogP contribution in [0.4, 0.5) is 14.7 Å². The first-order valence-electron chi connectivity index (χ1n) is 10.3. The van der Waals surface area contributed by atoms with E-state index in [1.54, 1.807) is 41.5 Å². The van der Waals surface area contributed by atoms with E-state index in [0.29, 0.717) is 16.2 Å². The largest absolute Gasteiger partial charge is 0.477 e. The summed E-state index contributed by atoms with van der Waals surface area (Å²) in [5.41, 5.74) is -1.64. The quantitative estimate of drug-likeness (QED) is 0.499. The lowest BCUT2D eigenvalue weighted by molar-refractivity contribution is 0.0429. The molecule has 0 aliphatic rings. The van der Waals surface area contributed by atoms with E-state index in [1.807, 2.05) is 13.1 Å². The van der Waals surface area contributed by atoms with Crippen molar-refractivity contribution in [1.29, 1.82) is 0 Å². The summed E-state index contributed by atoms with van der Waals surface area (Å²) in [7, 11) is -2.20. The second-order valence-electron chi connectivity index (χ2n) is 10.9. The van der Waals surface area contributed by atoms with Gasteiger partial charge in [0.25, 0.3) is 0 Å². The predicted molar refractivity (Wildman–Crippen MR) is 126 cm³/mol. The molecule has 1 rings (SSSR count). The number of rotatable bonds is 5. The standard InChI is InChI=1S/C21H36N2O7SSi/c1-19(2,3)29-17(26)23(18(27)30-20(4,5)6)16-22-13(14(31-16)15(24)25)12-28-32(10,11)21(7,8)9/h12H2,1-11H3,(H,24,25). The molecule has 0 aromatic carbocycles. The molecule has 1 N–H and O–H groups in total. The van der Waals surface area contributed by atoms with Gasteiger partial charge in [-0.15, -0.1) is 0 Å². The van der Waals surface area contributed by atoms with Crippen LogP contribution in [0.2, 0.25) is 18.1 Å². The smallest absolute Gasteiger partial charge is 0.426 e. The average molecular weight is 489 g/mol. The number of carboxylic acids is 1. The molecule has 1 aromatic rings. The number of aromatic carboxylic acids is 1. The Morgan fingerprint density at radius 1 is 0.938 bits per heavy atom. The average Bonchev–Trinajstić information content (AvgIpc) is 2.92. The molecule has 182 valence electrons. The Hall–Kier alpha value is -1.98. The van der Waals surface area contributed by atoms with Crippen LogP contribution in [0.15, 0.2) is 0 Å². The number of imide groups is 1. The van der Waals surface area contributed by atoms with Gasteiger partial charge in [-0.2, -0.15) is 4.90 Å². The van der Waals surface area contributed by atoms with Crippen molar-refractivity contribution in [3.8, 4) is 0 Å². The van der Waals surface area contributed by atoms with Crippen LogP contribution in [-0.4, -0.2) is 47.8 Å². The van der Waals surface area contributed by atoms with Gasteiger partial charge < -0.3 is 19.0 Å². The molecule has 0 aliphatic heterocycles. The Balaban J connectivity index is 3.41. The van der Waals surface area contributed by atoms with Gasteiger partial charge in [-0.3, -0.25) is 0 Å². The summed E-state index contributed by atoms with van der Waals surface area (Å²) in [5.74, 6) is -1.23. The van der Waals surface area contributed by atoms with Crippen LogP contribution in [0, 0.1) is 0 Å². The lowest BCUT2D eigenvalue weighted by Gasteiger charge is -2.35. The molecule has 0 unspecified atom stereocenters. The zero-order valence-corrected chi connectivity index (χ0v) is 22.7. The number of anilines is 1. The molecule has 0 saturated carbocycles. The van der Waals surface area contributed by atoms with Crippen molar-refractivity contribution in [2.75, 3.05) is 4.90 Å². The Morgan fingerprint density at radius 3 is 1.72 bits per heavy atom. The lowest BCUT2D eigenvalue weighted by atomic mass is 10.2. The van der Waals surface area contributed by atoms with Crippen molar-refractivity contribution in [3.63, 3.8) is 0 Å². The first-order chi connectivity index (χ1) is 14.1. The number of carbonyl (C=O) groups excluding carboxylic acids is 2. The van der Waals surface area contributed by atoms with Crippen LogP contribution in [0.1, 0.15) is 77.7 Å². The number of amides is 2. The third-order valence-corrected chi connectivity index (χ3v) is 10.1. The zero-order valence-electron chi connectivity index (χ0n) is 20.9. The molecule has 11 heteroatoms. The molecular weight excluding hydrogens is 452 g/mol. The second kappa shape index (κ2) is 9.48. The highest BCUT2D eigenvalue weighted by Gasteiger charge is 2.39. The fourth-order valence-electron chi connectivity index (χ4n) is 2.01. The minimum Gasteiger partial charge on any atom is -0.477 e. The van der Waals surface area contributed by atoms with E-state index < -0.39 is 37.7 Å². The van der Waals surface area contributed by atoms with Gasteiger partial charge in [0.2, 0.25) is 5.13 Å². The number of carboxylic acid groups (broad SMARTS) is 1. The molecule has 0 atom stereocenters. The minimum absolute atomic E-state index is 0.0505. The third kappa shape index (κ3) is 7.86. The fraction of sp³-hybridized carbons (Fsp3) is 0.714. The first kappa shape index (κ1) is 28.1. The van der Waals surface area contributed by atoms with E-state index >= 15 is 0 Å². The van der Waals surface area contributed by atoms with Crippen molar-refractivity contribution in [3.05, 3.63) is 10.6 Å². The monoisotopic (exact) mass is 488 g/mol. The highest BCUT2D eigenvalue weighted by molar-refractivity contribution is 7.17. The number of hydrogen-bond donors (Lipinski definition) is 1. The zero-order chi connectivity index (χ0) is 25.3. The Kier molecular flexibility index (Phi) is 8.31. The van der Waals surface area contributed by atoms with E-state index in [1.165, 1.54) is 0 Å². The van der Waals surface area contributed by atoms with Crippen LogP contribution in [0.25, 0.3) is 0 Å². The van der Waals surface area contributed by atoms with Gasteiger partial charge in [0, 0.05) is 0 Å². The normalized spacial score (nSPS) is 13.0. The molecule has 2 amide bonds. The number of aromatic nitrogens is 1. The summed E-state index contributed by atoms with van der Waals surface area (Å²) in [5, 5.41) is 9.43. The number of thiazole rings is 1. The molecule has 0 spiro atoms. The van der Waals surface area contributed by atoms with Crippen molar-refractivity contribution in [2.24, 2.45) is 0 Å². The number of ether oxygens (including phenoxy) is 2. The van der Waals surface area contributed by atoms with E-state index in [4.69, 9.17) is 13.9 Å². The van der Waals surface area contributed by atoms with Gasteiger partial charge in [-0.1, -0.05) is 32.1 Å². The fourth-order valence-corrected chi connectivity index (χ4v) is 3.83. The van der Waals surface area contributed by atoms with E-state index in [9.17, 15) is 19.5 Å². The SMILES string of the molecule is CC(C)(C)OC(=O)N(C(=O)OC(C)(C)C)c1nc(CO[Si](C)(C)C(C)(C)C)c(C(=O)O)s1. The maximum Gasteiger partial charge on any atom is 0.426 e. The highest BCUT2D eigenvalue weighted by atomic mass is 32.1. The molecule has 9 nitrogen and oxygen atoms in total. The molecule has 1 heterocycles. The topological polar surface area (TPSA) is 115 Å². The minimum atomic E-state index is -2.20. The molecule has 1 aromatic heterocycles. The second-order valence-corrected chi connectivity index (χ2v) is 16.7. The third-order valence-electron chi connectivity index (χ3n) is 4.60. The van der Waals surface area contributed by atoms with Crippen LogP contribution in [-0.2, 0) is 20.5 Å². The van der Waals surface area contributed by atoms with Gasteiger partial charge in [-0.25, -0.2) is 19.4 Å². The summed E-state index contributed by atoms with van der Waals surface area (Å²) in [6, 6.07) is 0. The highest BCUT2D eigenvalue weighted by Crippen LogP contribution is 2.38. The van der Waals surface area contributed by atoms with Gasteiger partial charge in [-0.05, 0) is 59.7 Å². The molecule has 0 fully saturated rings. The predicted octanol–water partition coefficient (Wildman–Crippen LogP) is 6.04. The molecule has 0 radical (unpaired) electrons. The number of hydrogen-bond acceptors (Lipinski definition) is 8. The first-order valence-corrected chi connectivity index (χ1v) is 14.0. The maximum absolute atomic E-state index is 12.8. The molecule has 32 heavy (non-hydrogen) atoms. The molecular formula is C21H36N2O7SSi. The Labute approximate surface area is 195 Å².